The molecule has 4 rings (SSSR count). The van der Waals surface area contributed by atoms with Crippen molar-refractivity contribution in [2.24, 2.45) is 0 Å². The van der Waals surface area contributed by atoms with Gasteiger partial charge < -0.3 is 10.3 Å². The second-order valence-corrected chi connectivity index (χ2v) is 9.02. The average Bonchev–Trinajstić information content (AvgIpc) is 2.99. The SMILES string of the molecule is CCNC1CCc2[nH]c3ccc(NS(=O)(=O)c4ccc(Cl)cc4)cc3c2C1. The summed E-state index contributed by atoms with van der Waals surface area (Å²) in [6, 6.07) is 12.3. The molecule has 1 heterocycles. The summed E-state index contributed by atoms with van der Waals surface area (Å²) in [6.45, 7) is 3.07. The summed E-state index contributed by atoms with van der Waals surface area (Å²) in [4.78, 5) is 3.68. The maximum atomic E-state index is 12.6. The van der Waals surface area contributed by atoms with E-state index in [-0.39, 0.29) is 4.90 Å². The Morgan fingerprint density at radius 2 is 1.96 bits per heavy atom. The highest BCUT2D eigenvalue weighted by Crippen LogP contribution is 2.31. The summed E-state index contributed by atoms with van der Waals surface area (Å²) in [5, 5.41) is 5.11. The smallest absolute Gasteiger partial charge is 0.261 e. The molecule has 0 bridgehead atoms. The Hall–Kier alpha value is -2.02. The van der Waals surface area contributed by atoms with Crippen molar-refractivity contribution in [3.8, 4) is 0 Å². The minimum atomic E-state index is -3.65. The van der Waals surface area contributed by atoms with Gasteiger partial charge in [-0.2, -0.15) is 0 Å². The Kier molecular flexibility index (Phi) is 4.88. The third-order valence-corrected chi connectivity index (χ3v) is 6.71. The van der Waals surface area contributed by atoms with E-state index in [0.29, 0.717) is 16.8 Å². The fourth-order valence-electron chi connectivity index (χ4n) is 3.77. The predicted octanol–water partition coefficient (Wildman–Crippen LogP) is 4.09. The largest absolute Gasteiger partial charge is 0.358 e. The third kappa shape index (κ3) is 3.70. The molecule has 1 atom stereocenters. The molecule has 2 aromatic carbocycles. The first kappa shape index (κ1) is 18.3. The fourth-order valence-corrected chi connectivity index (χ4v) is 4.95. The van der Waals surface area contributed by atoms with Gasteiger partial charge in [0.1, 0.15) is 0 Å². The minimum absolute atomic E-state index is 0.190. The number of benzene rings is 2. The molecule has 0 saturated heterocycles. The maximum absolute atomic E-state index is 12.6. The van der Waals surface area contributed by atoms with Gasteiger partial charge in [-0.3, -0.25) is 4.72 Å². The molecule has 1 aromatic heterocycles. The number of nitrogens with one attached hydrogen (secondary N) is 3. The van der Waals surface area contributed by atoms with Crippen LogP contribution in [0.15, 0.2) is 47.4 Å². The standard InChI is InChI=1S/C20H22ClN3O2S/c1-2-22-14-5-9-19-17(11-14)18-12-15(6-10-20(18)23-19)24-27(25,26)16-7-3-13(21)4-8-16/h3-4,6-8,10,12,14,22-24H,2,5,9,11H2,1H3. The number of halogens is 1. The van der Waals surface area contributed by atoms with E-state index in [1.807, 2.05) is 12.1 Å². The van der Waals surface area contributed by atoms with Crippen molar-refractivity contribution in [1.29, 1.82) is 0 Å². The molecule has 0 fully saturated rings. The number of hydrogen-bond acceptors (Lipinski definition) is 3. The topological polar surface area (TPSA) is 74.0 Å². The van der Waals surface area contributed by atoms with Gasteiger partial charge in [0.25, 0.3) is 10.0 Å². The molecule has 3 N–H and O–H groups in total. The molecule has 0 amide bonds. The number of fused-ring (bicyclic) bond motifs is 3. The lowest BCUT2D eigenvalue weighted by molar-refractivity contribution is 0.470. The zero-order valence-electron chi connectivity index (χ0n) is 15.0. The monoisotopic (exact) mass is 403 g/mol. The third-order valence-electron chi connectivity index (χ3n) is 5.06. The molecule has 1 aliphatic rings. The van der Waals surface area contributed by atoms with Crippen LogP contribution in [-0.4, -0.2) is 26.0 Å². The highest BCUT2D eigenvalue weighted by molar-refractivity contribution is 7.92. The Labute approximate surface area is 164 Å². The molecular weight excluding hydrogens is 382 g/mol. The Morgan fingerprint density at radius 1 is 1.19 bits per heavy atom. The molecule has 5 nitrogen and oxygen atoms in total. The first-order valence-corrected chi connectivity index (χ1v) is 11.0. The predicted molar refractivity (Wildman–Crippen MR) is 110 cm³/mol. The number of aromatic amines is 1. The van der Waals surface area contributed by atoms with Crippen molar-refractivity contribution in [3.05, 3.63) is 58.7 Å². The van der Waals surface area contributed by atoms with Crippen LogP contribution < -0.4 is 10.0 Å². The minimum Gasteiger partial charge on any atom is -0.358 e. The average molecular weight is 404 g/mol. The number of sulfonamides is 1. The van der Waals surface area contributed by atoms with Crippen molar-refractivity contribution in [2.45, 2.75) is 37.1 Å². The summed E-state index contributed by atoms with van der Waals surface area (Å²) < 4.78 is 28.0. The highest BCUT2D eigenvalue weighted by Gasteiger charge is 2.22. The highest BCUT2D eigenvalue weighted by atomic mass is 35.5. The van der Waals surface area contributed by atoms with Gasteiger partial charge in [0.05, 0.1) is 4.90 Å². The van der Waals surface area contributed by atoms with E-state index < -0.39 is 10.0 Å². The lowest BCUT2D eigenvalue weighted by Crippen LogP contribution is -2.34. The molecule has 7 heteroatoms. The Bertz CT molecular complexity index is 1070. The van der Waals surface area contributed by atoms with Crippen LogP contribution >= 0.6 is 11.6 Å². The van der Waals surface area contributed by atoms with Crippen LogP contribution in [0.1, 0.15) is 24.6 Å². The Morgan fingerprint density at radius 3 is 2.70 bits per heavy atom. The molecule has 0 radical (unpaired) electrons. The van der Waals surface area contributed by atoms with Crippen molar-refractivity contribution in [3.63, 3.8) is 0 Å². The van der Waals surface area contributed by atoms with Gasteiger partial charge >= 0.3 is 0 Å². The number of anilines is 1. The molecular formula is C20H22ClN3O2S. The zero-order valence-corrected chi connectivity index (χ0v) is 16.6. The number of aryl methyl sites for hydroxylation is 1. The van der Waals surface area contributed by atoms with Gasteiger partial charge in [-0.25, -0.2) is 8.42 Å². The molecule has 0 saturated carbocycles. The maximum Gasteiger partial charge on any atom is 0.261 e. The van der Waals surface area contributed by atoms with Crippen LogP contribution in [0, 0.1) is 0 Å². The van der Waals surface area contributed by atoms with Gasteiger partial charge in [-0.05, 0) is 73.8 Å². The van der Waals surface area contributed by atoms with E-state index in [4.69, 9.17) is 11.6 Å². The van der Waals surface area contributed by atoms with E-state index in [0.717, 1.165) is 36.7 Å². The summed E-state index contributed by atoms with van der Waals surface area (Å²) in [5.74, 6) is 0. The van der Waals surface area contributed by atoms with Crippen molar-refractivity contribution >= 4 is 38.2 Å². The van der Waals surface area contributed by atoms with Crippen LogP contribution in [0.5, 0.6) is 0 Å². The summed E-state index contributed by atoms with van der Waals surface area (Å²) in [7, 11) is -3.65. The molecule has 1 unspecified atom stereocenters. The zero-order chi connectivity index (χ0) is 19.0. The van der Waals surface area contributed by atoms with Gasteiger partial charge in [-0.1, -0.05) is 18.5 Å². The lowest BCUT2D eigenvalue weighted by atomic mass is 9.91. The second kappa shape index (κ2) is 7.19. The number of hydrogen-bond donors (Lipinski definition) is 3. The van der Waals surface area contributed by atoms with Crippen LogP contribution in [0.3, 0.4) is 0 Å². The summed E-state index contributed by atoms with van der Waals surface area (Å²) >= 11 is 5.85. The van der Waals surface area contributed by atoms with Gasteiger partial charge in [0, 0.05) is 33.3 Å². The van der Waals surface area contributed by atoms with E-state index in [1.54, 1.807) is 18.2 Å². The van der Waals surface area contributed by atoms with Crippen LogP contribution in [0.2, 0.25) is 5.02 Å². The van der Waals surface area contributed by atoms with Gasteiger partial charge in [0.2, 0.25) is 0 Å². The molecule has 3 aromatic rings. The molecule has 1 aliphatic carbocycles. The molecule has 0 spiro atoms. The first-order valence-electron chi connectivity index (χ1n) is 9.11. The fraction of sp³-hybridized carbons (Fsp3) is 0.300. The van der Waals surface area contributed by atoms with Gasteiger partial charge in [0.15, 0.2) is 0 Å². The molecule has 27 heavy (non-hydrogen) atoms. The lowest BCUT2D eigenvalue weighted by Gasteiger charge is -2.23. The van der Waals surface area contributed by atoms with Gasteiger partial charge in [-0.15, -0.1) is 0 Å². The molecule has 142 valence electrons. The first-order chi connectivity index (χ1) is 13.0. The second-order valence-electron chi connectivity index (χ2n) is 6.90. The normalized spacial score (nSPS) is 17.0. The number of likely N-dealkylation sites (N-methyl/N-ethyl adjacent to an activating group) is 1. The van der Waals surface area contributed by atoms with Crippen molar-refractivity contribution < 1.29 is 8.42 Å². The molecule has 0 aliphatic heterocycles. The number of aromatic nitrogens is 1. The van der Waals surface area contributed by atoms with Crippen LogP contribution in [-0.2, 0) is 22.9 Å². The van der Waals surface area contributed by atoms with Crippen molar-refractivity contribution in [1.82, 2.24) is 10.3 Å². The van der Waals surface area contributed by atoms with E-state index in [2.05, 4.69) is 21.9 Å². The van der Waals surface area contributed by atoms with E-state index >= 15 is 0 Å². The number of rotatable bonds is 5. The Balaban J connectivity index is 1.65. The summed E-state index contributed by atoms with van der Waals surface area (Å²) in [5.41, 5.74) is 4.16. The van der Waals surface area contributed by atoms with Crippen LogP contribution in [0.25, 0.3) is 10.9 Å². The quantitative estimate of drug-likeness (QED) is 0.600. The number of H-pyrrole nitrogens is 1. The van der Waals surface area contributed by atoms with E-state index in [1.165, 1.54) is 23.4 Å². The van der Waals surface area contributed by atoms with Crippen molar-refractivity contribution in [2.75, 3.05) is 11.3 Å². The summed E-state index contributed by atoms with van der Waals surface area (Å²) in [6.07, 6.45) is 3.08. The van der Waals surface area contributed by atoms with E-state index in [9.17, 15) is 8.42 Å². The van der Waals surface area contributed by atoms with Crippen LogP contribution in [0.4, 0.5) is 5.69 Å².